The minimum absolute atomic E-state index is 0.414. The molecule has 0 radical (unpaired) electrons. The number of phenols is 1. The van der Waals surface area contributed by atoms with Crippen LogP contribution in [0.5, 0.6) is 5.75 Å². The third-order valence-electron chi connectivity index (χ3n) is 2.66. The fraction of sp³-hybridized carbons (Fsp3) is 0.500. The van der Waals surface area contributed by atoms with Gasteiger partial charge in [-0.1, -0.05) is 26.0 Å². The predicted octanol–water partition coefficient (Wildman–Crippen LogP) is 2.54. The van der Waals surface area contributed by atoms with E-state index in [1.54, 1.807) is 6.07 Å². The van der Waals surface area contributed by atoms with Gasteiger partial charge in [0.05, 0.1) is 0 Å². The average Bonchev–Trinajstić information content (AvgIpc) is 2.18. The summed E-state index contributed by atoms with van der Waals surface area (Å²) in [5, 5.41) is 9.70. The summed E-state index contributed by atoms with van der Waals surface area (Å²) in [5.41, 5.74) is 2.22. The Hall–Kier alpha value is -1.02. The van der Waals surface area contributed by atoms with Crippen molar-refractivity contribution in [3.63, 3.8) is 0 Å². The van der Waals surface area contributed by atoms with Crippen LogP contribution in [0.15, 0.2) is 18.2 Å². The molecule has 0 aliphatic rings. The molecule has 14 heavy (non-hydrogen) atoms. The van der Waals surface area contributed by atoms with Gasteiger partial charge in [0, 0.05) is 12.1 Å². The predicted molar refractivity (Wildman–Crippen MR) is 59.5 cm³/mol. The number of benzene rings is 1. The third-order valence-corrected chi connectivity index (χ3v) is 2.66. The van der Waals surface area contributed by atoms with Crippen molar-refractivity contribution >= 4 is 0 Å². The van der Waals surface area contributed by atoms with Crippen molar-refractivity contribution in [3.05, 3.63) is 29.3 Å². The zero-order chi connectivity index (χ0) is 10.6. The van der Waals surface area contributed by atoms with Crippen LogP contribution in [-0.2, 0) is 6.54 Å². The second kappa shape index (κ2) is 5.01. The molecule has 0 heterocycles. The Morgan fingerprint density at radius 2 is 1.86 bits per heavy atom. The van der Waals surface area contributed by atoms with Gasteiger partial charge in [-0.2, -0.15) is 0 Å². The summed E-state index contributed by atoms with van der Waals surface area (Å²) in [7, 11) is 0. The first-order chi connectivity index (χ1) is 6.69. The molecule has 0 aliphatic heterocycles. The Bertz CT molecular complexity index is 272. The van der Waals surface area contributed by atoms with Crippen molar-refractivity contribution in [2.75, 3.05) is 13.1 Å². The molecule has 0 aromatic heterocycles. The zero-order valence-corrected chi connectivity index (χ0v) is 9.25. The van der Waals surface area contributed by atoms with Crippen LogP contribution in [-0.4, -0.2) is 23.1 Å². The van der Waals surface area contributed by atoms with Gasteiger partial charge in [-0.25, -0.2) is 0 Å². The summed E-state index contributed by atoms with van der Waals surface area (Å²) in [5.74, 6) is 0.414. The highest BCUT2D eigenvalue weighted by Crippen LogP contribution is 2.21. The van der Waals surface area contributed by atoms with Gasteiger partial charge in [0.1, 0.15) is 5.75 Å². The molecule has 1 aromatic carbocycles. The van der Waals surface area contributed by atoms with E-state index < -0.39 is 0 Å². The second-order valence-electron chi connectivity index (χ2n) is 3.53. The van der Waals surface area contributed by atoms with Gasteiger partial charge in [0.25, 0.3) is 0 Å². The molecule has 0 unspecified atom stereocenters. The highest BCUT2D eigenvalue weighted by Gasteiger charge is 2.07. The van der Waals surface area contributed by atoms with E-state index in [0.29, 0.717) is 5.75 Å². The normalized spacial score (nSPS) is 10.9. The monoisotopic (exact) mass is 193 g/mol. The molecule has 2 nitrogen and oxygen atoms in total. The molecular weight excluding hydrogens is 174 g/mol. The van der Waals surface area contributed by atoms with E-state index in [2.05, 4.69) is 18.7 Å². The van der Waals surface area contributed by atoms with Crippen molar-refractivity contribution in [1.29, 1.82) is 0 Å². The maximum absolute atomic E-state index is 9.70. The highest BCUT2D eigenvalue weighted by molar-refractivity contribution is 5.38. The zero-order valence-electron chi connectivity index (χ0n) is 9.25. The molecule has 0 saturated carbocycles. The second-order valence-corrected chi connectivity index (χ2v) is 3.53. The summed E-state index contributed by atoms with van der Waals surface area (Å²) in [6.45, 7) is 9.19. The maximum atomic E-state index is 9.70. The van der Waals surface area contributed by atoms with Crippen molar-refractivity contribution in [3.8, 4) is 5.75 Å². The van der Waals surface area contributed by atoms with E-state index in [9.17, 15) is 5.11 Å². The quantitative estimate of drug-likeness (QED) is 0.794. The van der Waals surface area contributed by atoms with Crippen molar-refractivity contribution in [2.24, 2.45) is 0 Å². The van der Waals surface area contributed by atoms with Gasteiger partial charge < -0.3 is 5.11 Å². The molecule has 1 aromatic rings. The molecule has 0 saturated heterocycles. The first-order valence-corrected chi connectivity index (χ1v) is 5.18. The van der Waals surface area contributed by atoms with Crippen molar-refractivity contribution in [1.82, 2.24) is 4.90 Å². The Balaban J connectivity index is 2.84. The third kappa shape index (κ3) is 2.48. The smallest absolute Gasteiger partial charge is 0.120 e. The van der Waals surface area contributed by atoms with Gasteiger partial charge >= 0.3 is 0 Å². The summed E-state index contributed by atoms with van der Waals surface area (Å²) >= 11 is 0. The molecule has 78 valence electrons. The molecule has 0 aliphatic carbocycles. The van der Waals surface area contributed by atoms with Crippen molar-refractivity contribution in [2.45, 2.75) is 27.3 Å². The van der Waals surface area contributed by atoms with Crippen LogP contribution < -0.4 is 0 Å². The van der Waals surface area contributed by atoms with Crippen LogP contribution in [0.3, 0.4) is 0 Å². The largest absolute Gasteiger partial charge is 0.508 e. The van der Waals surface area contributed by atoms with Gasteiger partial charge in [0.2, 0.25) is 0 Å². The number of hydrogen-bond donors (Lipinski definition) is 1. The Morgan fingerprint density at radius 1 is 1.21 bits per heavy atom. The van der Waals surface area contributed by atoms with Crippen LogP contribution >= 0.6 is 0 Å². The van der Waals surface area contributed by atoms with Gasteiger partial charge in [-0.3, -0.25) is 4.90 Å². The maximum Gasteiger partial charge on any atom is 0.120 e. The van der Waals surface area contributed by atoms with Crippen LogP contribution in [0.25, 0.3) is 0 Å². The van der Waals surface area contributed by atoms with E-state index in [-0.39, 0.29) is 0 Å². The van der Waals surface area contributed by atoms with Gasteiger partial charge in [0.15, 0.2) is 0 Å². The van der Waals surface area contributed by atoms with Crippen LogP contribution in [0, 0.1) is 6.92 Å². The number of aryl methyl sites for hydroxylation is 1. The summed E-state index contributed by atoms with van der Waals surface area (Å²) in [4.78, 5) is 2.29. The molecule has 1 rings (SSSR count). The topological polar surface area (TPSA) is 23.5 Å². The summed E-state index contributed by atoms with van der Waals surface area (Å²) in [6, 6.07) is 5.68. The molecule has 2 heteroatoms. The van der Waals surface area contributed by atoms with Crippen LogP contribution in [0.2, 0.25) is 0 Å². The SMILES string of the molecule is CCN(CC)Cc1c(C)cccc1O. The number of rotatable bonds is 4. The molecule has 0 amide bonds. The average molecular weight is 193 g/mol. The Morgan fingerprint density at radius 3 is 2.36 bits per heavy atom. The van der Waals surface area contributed by atoms with Crippen LogP contribution in [0.1, 0.15) is 25.0 Å². The van der Waals surface area contributed by atoms with Gasteiger partial charge in [-0.15, -0.1) is 0 Å². The van der Waals surface area contributed by atoms with E-state index >= 15 is 0 Å². The lowest BCUT2D eigenvalue weighted by molar-refractivity contribution is 0.290. The fourth-order valence-electron chi connectivity index (χ4n) is 1.56. The van der Waals surface area contributed by atoms with Crippen LogP contribution in [0.4, 0.5) is 0 Å². The molecule has 0 fully saturated rings. The molecular formula is C12H19NO. The minimum atomic E-state index is 0.414. The first-order valence-electron chi connectivity index (χ1n) is 5.18. The van der Waals surface area contributed by atoms with Crippen molar-refractivity contribution < 1.29 is 5.11 Å². The Kier molecular flexibility index (Phi) is 3.96. The molecule has 0 atom stereocenters. The first kappa shape index (κ1) is 11.1. The van der Waals surface area contributed by atoms with E-state index in [1.165, 1.54) is 0 Å². The number of phenolic OH excluding ortho intramolecular Hbond substituents is 1. The fourth-order valence-corrected chi connectivity index (χ4v) is 1.56. The Labute approximate surface area is 86.2 Å². The standard InChI is InChI=1S/C12H19NO/c1-4-13(5-2)9-11-10(3)7-6-8-12(11)14/h6-8,14H,4-5,9H2,1-3H3. The summed E-state index contributed by atoms with van der Waals surface area (Å²) < 4.78 is 0. The number of nitrogens with zero attached hydrogens (tertiary/aromatic N) is 1. The summed E-state index contributed by atoms with van der Waals surface area (Å²) in [6.07, 6.45) is 0. The van der Waals surface area contributed by atoms with E-state index in [1.807, 2.05) is 19.1 Å². The van der Waals surface area contributed by atoms with Gasteiger partial charge in [-0.05, 0) is 31.6 Å². The number of hydrogen-bond acceptors (Lipinski definition) is 2. The van der Waals surface area contributed by atoms with E-state index in [4.69, 9.17) is 0 Å². The lowest BCUT2D eigenvalue weighted by Gasteiger charge is -2.19. The number of aromatic hydroxyl groups is 1. The lowest BCUT2D eigenvalue weighted by Crippen LogP contribution is -2.22. The van der Waals surface area contributed by atoms with E-state index in [0.717, 1.165) is 30.8 Å². The molecule has 0 spiro atoms. The highest BCUT2D eigenvalue weighted by atomic mass is 16.3. The molecule has 0 bridgehead atoms. The minimum Gasteiger partial charge on any atom is -0.508 e. The molecule has 1 N–H and O–H groups in total. The lowest BCUT2D eigenvalue weighted by atomic mass is 10.1.